The smallest absolute Gasteiger partial charge is 0.310 e. The van der Waals surface area contributed by atoms with E-state index in [-0.39, 0.29) is 11.9 Å². The maximum atomic E-state index is 10.6. The highest BCUT2D eigenvalue weighted by molar-refractivity contribution is 5.70. The van der Waals surface area contributed by atoms with Gasteiger partial charge in [-0.3, -0.25) is 9.59 Å². The van der Waals surface area contributed by atoms with E-state index in [1.807, 2.05) is 6.92 Å². The summed E-state index contributed by atoms with van der Waals surface area (Å²) in [4.78, 5) is 21.1. The predicted molar refractivity (Wildman–Crippen MR) is 76.2 cm³/mol. The topological polar surface area (TPSA) is 52.6 Å². The lowest BCUT2D eigenvalue weighted by molar-refractivity contribution is -0.139. The molecule has 0 fully saturated rings. The molecule has 0 aromatic carbocycles. The molecule has 4 nitrogen and oxygen atoms in total. The zero-order chi connectivity index (χ0) is 14.9. The first kappa shape index (κ1) is 19.8. The molecule has 0 saturated carbocycles. The molecule has 0 aromatic rings. The number of carbonyl (C=O) groups excluding carboxylic acids is 2. The van der Waals surface area contributed by atoms with Crippen molar-refractivity contribution in [2.45, 2.75) is 58.8 Å². The molecule has 0 N–H and O–H groups in total. The van der Waals surface area contributed by atoms with Crippen LogP contribution in [0, 0.1) is 0 Å². The molecule has 19 heavy (non-hydrogen) atoms. The van der Waals surface area contributed by atoms with Crippen molar-refractivity contribution in [2.24, 2.45) is 0 Å². The Labute approximate surface area is 116 Å². The maximum absolute atomic E-state index is 10.6. The molecule has 0 bridgehead atoms. The number of esters is 2. The molecule has 0 aromatic heterocycles. The fourth-order valence-electron chi connectivity index (χ4n) is 1.14. The summed E-state index contributed by atoms with van der Waals surface area (Å²) in [7, 11) is 0. The molecule has 0 aliphatic heterocycles. The highest BCUT2D eigenvalue weighted by Gasteiger charge is 1.98. The molecular weight excluding hydrogens is 244 g/mol. The molecule has 0 spiro atoms. The van der Waals surface area contributed by atoms with E-state index in [0.717, 1.165) is 38.4 Å². The van der Waals surface area contributed by atoms with Gasteiger partial charge < -0.3 is 9.47 Å². The average Bonchev–Trinajstić information content (AvgIpc) is 2.38. The molecule has 0 unspecified atom stereocenters. The quantitative estimate of drug-likeness (QED) is 0.359. The van der Waals surface area contributed by atoms with Crippen molar-refractivity contribution in [3.05, 3.63) is 25.7 Å². The molecule has 0 aliphatic rings. The van der Waals surface area contributed by atoms with E-state index in [9.17, 15) is 9.59 Å². The van der Waals surface area contributed by atoms with Crippen LogP contribution in [0.5, 0.6) is 0 Å². The molecule has 0 radical (unpaired) electrons. The lowest BCUT2D eigenvalue weighted by Gasteiger charge is -1.96. The van der Waals surface area contributed by atoms with Gasteiger partial charge >= 0.3 is 11.9 Å². The van der Waals surface area contributed by atoms with Gasteiger partial charge in [0.25, 0.3) is 0 Å². The Morgan fingerprint density at radius 2 is 1.26 bits per heavy atom. The Morgan fingerprint density at radius 1 is 0.842 bits per heavy atom. The highest BCUT2D eigenvalue weighted by Crippen LogP contribution is 2.00. The molecule has 0 amide bonds. The number of carbonyl (C=O) groups is 2. The van der Waals surface area contributed by atoms with Crippen molar-refractivity contribution < 1.29 is 19.1 Å². The largest absolute Gasteiger partial charge is 0.435 e. The van der Waals surface area contributed by atoms with Gasteiger partial charge in [-0.25, -0.2) is 0 Å². The van der Waals surface area contributed by atoms with Crippen LogP contribution >= 0.6 is 0 Å². The van der Waals surface area contributed by atoms with E-state index < -0.39 is 0 Å². The maximum Gasteiger partial charge on any atom is 0.310 e. The summed E-state index contributed by atoms with van der Waals surface area (Å²) in [6.45, 7) is 10.7. The Morgan fingerprint density at radius 3 is 1.63 bits per heavy atom. The number of hydrogen-bond acceptors (Lipinski definition) is 4. The summed E-state index contributed by atoms with van der Waals surface area (Å²) in [5.41, 5.74) is 0. The van der Waals surface area contributed by atoms with Gasteiger partial charge in [-0.15, -0.1) is 0 Å². The summed E-state index contributed by atoms with van der Waals surface area (Å²) in [5.74, 6) is -0.365. The third kappa shape index (κ3) is 19.0. The minimum atomic E-state index is -0.188. The molecular formula is C15H26O4. The molecule has 0 aliphatic carbocycles. The highest BCUT2D eigenvalue weighted by atomic mass is 16.5. The lowest BCUT2D eigenvalue weighted by atomic mass is 10.2. The minimum absolute atomic E-state index is 0.177. The van der Waals surface area contributed by atoms with Gasteiger partial charge in [0.2, 0.25) is 0 Å². The van der Waals surface area contributed by atoms with E-state index in [1.54, 1.807) is 0 Å². The SMILES string of the molecule is C=COC(=O)CCCC.C=COC(=O)CCCCC. The van der Waals surface area contributed by atoms with Gasteiger partial charge in [-0.05, 0) is 12.8 Å². The zero-order valence-corrected chi connectivity index (χ0v) is 12.2. The van der Waals surface area contributed by atoms with Gasteiger partial charge in [-0.1, -0.05) is 46.3 Å². The van der Waals surface area contributed by atoms with Crippen molar-refractivity contribution in [3.8, 4) is 0 Å². The van der Waals surface area contributed by atoms with Gasteiger partial charge in [0.05, 0.1) is 12.5 Å². The molecule has 4 heteroatoms. The van der Waals surface area contributed by atoms with E-state index in [4.69, 9.17) is 0 Å². The summed E-state index contributed by atoms with van der Waals surface area (Å²) in [6, 6.07) is 0. The first-order valence-corrected chi connectivity index (χ1v) is 6.73. The number of ether oxygens (including phenoxy) is 2. The van der Waals surface area contributed by atoms with Crippen molar-refractivity contribution in [2.75, 3.05) is 0 Å². The first-order valence-electron chi connectivity index (χ1n) is 6.73. The molecule has 0 saturated heterocycles. The molecule has 0 atom stereocenters. The Bertz CT molecular complexity index is 259. The second-order valence-electron chi connectivity index (χ2n) is 3.87. The fraction of sp³-hybridized carbons (Fsp3) is 0.600. The normalized spacial score (nSPS) is 8.74. The molecule has 0 heterocycles. The molecule has 110 valence electrons. The van der Waals surface area contributed by atoms with Crippen LogP contribution in [0.1, 0.15) is 58.8 Å². The monoisotopic (exact) mass is 270 g/mol. The Balaban J connectivity index is 0. The van der Waals surface area contributed by atoms with Crippen LogP contribution in [-0.4, -0.2) is 11.9 Å². The van der Waals surface area contributed by atoms with Gasteiger partial charge in [-0.2, -0.15) is 0 Å². The number of rotatable bonds is 9. The van der Waals surface area contributed by atoms with Gasteiger partial charge in [0.15, 0.2) is 0 Å². The summed E-state index contributed by atoms with van der Waals surface area (Å²) in [5, 5.41) is 0. The third-order valence-electron chi connectivity index (χ3n) is 2.15. The minimum Gasteiger partial charge on any atom is -0.435 e. The Hall–Kier alpha value is -1.58. The van der Waals surface area contributed by atoms with Crippen molar-refractivity contribution in [1.82, 2.24) is 0 Å². The number of unbranched alkanes of at least 4 members (excludes halogenated alkanes) is 3. The van der Waals surface area contributed by atoms with Crippen LogP contribution in [0.2, 0.25) is 0 Å². The van der Waals surface area contributed by atoms with E-state index in [2.05, 4.69) is 29.6 Å². The van der Waals surface area contributed by atoms with E-state index >= 15 is 0 Å². The van der Waals surface area contributed by atoms with Gasteiger partial charge in [0, 0.05) is 12.8 Å². The van der Waals surface area contributed by atoms with Crippen LogP contribution in [0.4, 0.5) is 0 Å². The van der Waals surface area contributed by atoms with Crippen molar-refractivity contribution in [3.63, 3.8) is 0 Å². The summed E-state index contributed by atoms with van der Waals surface area (Å²) < 4.78 is 8.98. The Kier molecular flexibility index (Phi) is 17.1. The van der Waals surface area contributed by atoms with Crippen molar-refractivity contribution in [1.29, 1.82) is 0 Å². The first-order chi connectivity index (χ1) is 9.12. The second-order valence-corrected chi connectivity index (χ2v) is 3.87. The van der Waals surface area contributed by atoms with Crippen LogP contribution in [-0.2, 0) is 19.1 Å². The second kappa shape index (κ2) is 16.4. The number of hydrogen-bond donors (Lipinski definition) is 0. The van der Waals surface area contributed by atoms with Crippen LogP contribution in [0.3, 0.4) is 0 Å². The third-order valence-corrected chi connectivity index (χ3v) is 2.15. The van der Waals surface area contributed by atoms with E-state index in [0.29, 0.717) is 12.8 Å². The van der Waals surface area contributed by atoms with Crippen LogP contribution in [0.25, 0.3) is 0 Å². The van der Waals surface area contributed by atoms with Gasteiger partial charge in [0.1, 0.15) is 0 Å². The molecule has 0 rings (SSSR count). The predicted octanol–water partition coefficient (Wildman–Crippen LogP) is 4.12. The van der Waals surface area contributed by atoms with E-state index in [1.165, 1.54) is 6.26 Å². The van der Waals surface area contributed by atoms with Crippen molar-refractivity contribution >= 4 is 11.9 Å². The summed E-state index contributed by atoms with van der Waals surface area (Å²) in [6.07, 6.45) is 8.41. The zero-order valence-electron chi connectivity index (χ0n) is 12.2. The average molecular weight is 270 g/mol. The summed E-state index contributed by atoms with van der Waals surface area (Å²) >= 11 is 0. The fourth-order valence-corrected chi connectivity index (χ4v) is 1.14. The standard InChI is InChI=1S/C8H14O2.C7H12O2/c1-3-5-6-7-8(9)10-4-2;1-3-5-6-7(8)9-4-2/h4H,2-3,5-7H2,1H3;4H,2-3,5-6H2,1H3. The van der Waals surface area contributed by atoms with Crippen LogP contribution in [0.15, 0.2) is 25.7 Å². The lowest BCUT2D eigenvalue weighted by Crippen LogP contribution is -1.97. The van der Waals surface area contributed by atoms with Crippen LogP contribution < -0.4 is 0 Å².